The minimum Gasteiger partial charge on any atom is -0.465 e. The molecule has 3 aromatic rings. The van der Waals surface area contributed by atoms with Crippen molar-refractivity contribution in [1.82, 2.24) is 9.97 Å². The van der Waals surface area contributed by atoms with E-state index in [0.717, 1.165) is 22.8 Å². The van der Waals surface area contributed by atoms with Crippen LogP contribution in [0.25, 0.3) is 11.1 Å². The Morgan fingerprint density at radius 3 is 2.41 bits per heavy atom. The number of aromatic nitrogens is 2. The summed E-state index contributed by atoms with van der Waals surface area (Å²) in [5, 5.41) is 2.89. The van der Waals surface area contributed by atoms with E-state index in [1.54, 1.807) is 12.1 Å². The molecule has 3 rings (SSSR count). The molecule has 1 aromatic heterocycles. The lowest BCUT2D eigenvalue weighted by atomic mass is 9.99. The summed E-state index contributed by atoms with van der Waals surface area (Å²) in [7, 11) is 1.33. The van der Waals surface area contributed by atoms with Crippen LogP contribution in [-0.4, -0.2) is 23.0 Å². The third kappa shape index (κ3) is 4.90. The zero-order valence-corrected chi connectivity index (χ0v) is 15.7. The predicted octanol–water partition coefficient (Wildman–Crippen LogP) is 4.87. The third-order valence-corrected chi connectivity index (χ3v) is 4.20. The van der Waals surface area contributed by atoms with Gasteiger partial charge in [0.25, 0.3) is 0 Å². The number of carbonyl (C=O) groups is 1. The fraction of sp³-hybridized carbons (Fsp3) is 0.190. The number of nitrogens with one attached hydrogen (secondary N) is 1. The van der Waals surface area contributed by atoms with Gasteiger partial charge in [0, 0.05) is 12.6 Å². The van der Waals surface area contributed by atoms with Crippen LogP contribution in [-0.2, 0) is 17.5 Å². The molecule has 150 valence electrons. The smallest absolute Gasteiger partial charge is 0.433 e. The lowest BCUT2D eigenvalue weighted by Gasteiger charge is -2.11. The molecule has 0 radical (unpaired) electrons. The first-order valence-electron chi connectivity index (χ1n) is 8.71. The van der Waals surface area contributed by atoms with E-state index < -0.39 is 17.8 Å². The monoisotopic (exact) mass is 401 g/mol. The molecule has 0 amide bonds. The number of benzene rings is 2. The van der Waals surface area contributed by atoms with E-state index in [0.29, 0.717) is 5.56 Å². The summed E-state index contributed by atoms with van der Waals surface area (Å²) in [6.45, 7) is 1.70. The number of nitrogens with zero attached hydrogens (tertiary/aromatic N) is 2. The molecule has 0 aliphatic carbocycles. The molecule has 1 N–H and O–H groups in total. The second kappa shape index (κ2) is 8.30. The van der Waals surface area contributed by atoms with Crippen LogP contribution in [0.15, 0.2) is 54.6 Å². The molecular weight excluding hydrogens is 383 g/mol. The zero-order valence-electron chi connectivity index (χ0n) is 15.7. The molecule has 29 heavy (non-hydrogen) atoms. The Kier molecular flexibility index (Phi) is 5.81. The van der Waals surface area contributed by atoms with E-state index in [9.17, 15) is 18.0 Å². The van der Waals surface area contributed by atoms with Crippen molar-refractivity contribution in [2.45, 2.75) is 19.6 Å². The number of carbonyl (C=O) groups excluding carboxylic acids is 1. The fourth-order valence-corrected chi connectivity index (χ4v) is 2.82. The number of anilines is 1. The number of hydrogen-bond acceptors (Lipinski definition) is 5. The number of alkyl halides is 3. The lowest BCUT2D eigenvalue weighted by molar-refractivity contribution is -0.141. The topological polar surface area (TPSA) is 64.1 Å². The van der Waals surface area contributed by atoms with Crippen LogP contribution < -0.4 is 5.32 Å². The molecule has 1 heterocycles. The fourth-order valence-electron chi connectivity index (χ4n) is 2.82. The predicted molar refractivity (Wildman–Crippen MR) is 102 cm³/mol. The quantitative estimate of drug-likeness (QED) is 0.618. The van der Waals surface area contributed by atoms with Crippen LogP contribution in [0.3, 0.4) is 0 Å². The van der Waals surface area contributed by atoms with Gasteiger partial charge in [-0.2, -0.15) is 13.2 Å². The van der Waals surface area contributed by atoms with E-state index in [1.807, 2.05) is 36.4 Å². The van der Waals surface area contributed by atoms with E-state index in [2.05, 4.69) is 15.3 Å². The minimum absolute atomic E-state index is 0.0390. The first kappa shape index (κ1) is 20.3. The largest absolute Gasteiger partial charge is 0.465 e. The summed E-state index contributed by atoms with van der Waals surface area (Å²) < 4.78 is 43.5. The first-order chi connectivity index (χ1) is 13.8. The van der Waals surface area contributed by atoms with Crippen LogP contribution in [0.1, 0.15) is 27.4 Å². The van der Waals surface area contributed by atoms with Crippen molar-refractivity contribution in [3.8, 4) is 11.1 Å². The zero-order chi connectivity index (χ0) is 21.0. The maximum absolute atomic E-state index is 12.9. The standard InChI is InChI=1S/C21H18F3N3O2/c1-13-26-18(21(22,23)24)11-19(27-13)25-12-14-7-9-15(10-8-14)16-5-3-4-6-17(16)20(28)29-2/h3-11H,12H2,1-2H3,(H,25,26,27). The van der Waals surface area contributed by atoms with E-state index >= 15 is 0 Å². The SMILES string of the molecule is COC(=O)c1ccccc1-c1ccc(CNc2cc(C(F)(F)F)nc(C)n2)cc1. The van der Waals surface area contributed by atoms with Crippen molar-refractivity contribution in [3.63, 3.8) is 0 Å². The van der Waals surface area contributed by atoms with Gasteiger partial charge in [-0.25, -0.2) is 14.8 Å². The second-order valence-electron chi connectivity index (χ2n) is 6.27. The molecule has 5 nitrogen and oxygen atoms in total. The Balaban J connectivity index is 1.76. The highest BCUT2D eigenvalue weighted by Gasteiger charge is 2.33. The molecule has 2 aromatic carbocycles. The maximum Gasteiger partial charge on any atom is 0.433 e. The number of aryl methyl sites for hydroxylation is 1. The summed E-state index contributed by atoms with van der Waals surface area (Å²) in [4.78, 5) is 19.4. The van der Waals surface area contributed by atoms with Gasteiger partial charge in [0.1, 0.15) is 17.3 Å². The van der Waals surface area contributed by atoms with Crippen LogP contribution in [0.5, 0.6) is 0 Å². The van der Waals surface area contributed by atoms with Gasteiger partial charge in [0.05, 0.1) is 12.7 Å². The van der Waals surface area contributed by atoms with Gasteiger partial charge in [0.15, 0.2) is 0 Å². The number of hydrogen-bond donors (Lipinski definition) is 1. The van der Waals surface area contributed by atoms with E-state index in [4.69, 9.17) is 4.74 Å². The molecule has 0 atom stereocenters. The third-order valence-electron chi connectivity index (χ3n) is 4.20. The maximum atomic E-state index is 12.9. The molecule has 0 saturated carbocycles. The minimum atomic E-state index is -4.53. The highest BCUT2D eigenvalue weighted by molar-refractivity contribution is 5.97. The summed E-state index contributed by atoms with van der Waals surface area (Å²) in [6, 6.07) is 15.3. The van der Waals surface area contributed by atoms with Crippen molar-refractivity contribution in [1.29, 1.82) is 0 Å². The van der Waals surface area contributed by atoms with E-state index in [1.165, 1.54) is 14.0 Å². The van der Waals surface area contributed by atoms with Crippen LogP contribution >= 0.6 is 0 Å². The summed E-state index contributed by atoms with van der Waals surface area (Å²) in [5.74, 6) is -0.284. The van der Waals surface area contributed by atoms with Gasteiger partial charge in [0.2, 0.25) is 0 Å². The second-order valence-corrected chi connectivity index (χ2v) is 6.27. The Hall–Kier alpha value is -3.42. The van der Waals surface area contributed by atoms with Gasteiger partial charge >= 0.3 is 12.1 Å². The van der Waals surface area contributed by atoms with Gasteiger partial charge in [-0.1, -0.05) is 42.5 Å². The number of halogens is 3. The van der Waals surface area contributed by atoms with Crippen molar-refractivity contribution >= 4 is 11.8 Å². The molecule has 0 spiro atoms. The van der Waals surface area contributed by atoms with Crippen molar-refractivity contribution < 1.29 is 22.7 Å². The van der Waals surface area contributed by atoms with E-state index in [-0.39, 0.29) is 18.2 Å². The molecular formula is C21H18F3N3O2. The summed E-state index contributed by atoms with van der Waals surface area (Å²) >= 11 is 0. The average Bonchev–Trinajstić information content (AvgIpc) is 2.71. The Morgan fingerprint density at radius 1 is 1.07 bits per heavy atom. The molecule has 8 heteroatoms. The summed E-state index contributed by atoms with van der Waals surface area (Å²) in [6.07, 6.45) is -4.53. The highest BCUT2D eigenvalue weighted by atomic mass is 19.4. The Morgan fingerprint density at radius 2 is 1.76 bits per heavy atom. The lowest BCUT2D eigenvalue weighted by Crippen LogP contribution is -2.12. The van der Waals surface area contributed by atoms with Crippen molar-refractivity contribution in [2.75, 3.05) is 12.4 Å². The molecule has 0 aliphatic heterocycles. The molecule has 0 unspecified atom stereocenters. The molecule has 0 fully saturated rings. The number of methoxy groups -OCH3 is 1. The molecule has 0 bridgehead atoms. The van der Waals surface area contributed by atoms with Crippen molar-refractivity contribution in [3.05, 3.63) is 77.2 Å². The van der Waals surface area contributed by atoms with Crippen LogP contribution in [0.4, 0.5) is 19.0 Å². The number of esters is 1. The van der Waals surface area contributed by atoms with Gasteiger partial charge < -0.3 is 10.1 Å². The van der Waals surface area contributed by atoms with Crippen LogP contribution in [0.2, 0.25) is 0 Å². The summed E-state index contributed by atoms with van der Waals surface area (Å²) in [5.41, 5.74) is 1.88. The normalized spacial score (nSPS) is 11.2. The molecule has 0 aliphatic rings. The van der Waals surface area contributed by atoms with Gasteiger partial charge in [-0.05, 0) is 29.7 Å². The molecule has 0 saturated heterocycles. The van der Waals surface area contributed by atoms with Crippen LogP contribution in [0, 0.1) is 6.92 Å². The number of rotatable bonds is 5. The van der Waals surface area contributed by atoms with Gasteiger partial charge in [-0.3, -0.25) is 0 Å². The average molecular weight is 401 g/mol. The first-order valence-corrected chi connectivity index (χ1v) is 8.71. The number of ether oxygens (including phenoxy) is 1. The Labute approximate surface area is 165 Å². The Bertz CT molecular complexity index is 1020. The van der Waals surface area contributed by atoms with Crippen molar-refractivity contribution in [2.24, 2.45) is 0 Å². The highest BCUT2D eigenvalue weighted by Crippen LogP contribution is 2.29. The van der Waals surface area contributed by atoms with Gasteiger partial charge in [-0.15, -0.1) is 0 Å².